The summed E-state index contributed by atoms with van der Waals surface area (Å²) in [5.41, 5.74) is 2.04. The molecule has 1 aromatic rings. The van der Waals surface area contributed by atoms with E-state index in [0.717, 1.165) is 43.8 Å². The van der Waals surface area contributed by atoms with Crippen LogP contribution in [0, 0.1) is 0 Å². The lowest BCUT2D eigenvalue weighted by molar-refractivity contribution is -0.119. The summed E-state index contributed by atoms with van der Waals surface area (Å²) in [7, 11) is 0. The van der Waals surface area contributed by atoms with Gasteiger partial charge in [0.2, 0.25) is 5.91 Å². The van der Waals surface area contributed by atoms with E-state index in [1.165, 1.54) is 0 Å². The molecule has 1 saturated heterocycles. The Morgan fingerprint density at radius 3 is 3.05 bits per heavy atom. The van der Waals surface area contributed by atoms with Crippen molar-refractivity contribution in [2.75, 3.05) is 29.9 Å². The summed E-state index contributed by atoms with van der Waals surface area (Å²) in [6.45, 7) is 2.36. The largest absolute Gasteiger partial charge is 0.383 e. The van der Waals surface area contributed by atoms with Crippen LogP contribution in [0.1, 0.15) is 25.7 Å². The maximum Gasteiger partial charge on any atom is 0.227 e. The minimum Gasteiger partial charge on any atom is -0.383 e. The first-order valence-corrected chi connectivity index (χ1v) is 7.09. The number of amides is 1. The summed E-state index contributed by atoms with van der Waals surface area (Å²) in [5.74, 6) is 0.212. The Bertz CT molecular complexity index is 455. The molecule has 0 aliphatic carbocycles. The smallest absolute Gasteiger partial charge is 0.227 e. The van der Waals surface area contributed by atoms with Crippen LogP contribution in [0.3, 0.4) is 0 Å². The summed E-state index contributed by atoms with van der Waals surface area (Å²) in [5, 5.41) is 3.41. The third kappa shape index (κ3) is 2.73. The molecule has 0 saturated carbocycles. The molecule has 0 spiro atoms. The van der Waals surface area contributed by atoms with Gasteiger partial charge < -0.3 is 15.0 Å². The molecule has 1 atom stereocenters. The lowest BCUT2D eigenvalue weighted by Gasteiger charge is -2.29. The molecule has 4 heteroatoms. The first-order chi connectivity index (χ1) is 9.34. The highest BCUT2D eigenvalue weighted by Gasteiger charge is 2.25. The molecule has 1 fully saturated rings. The fraction of sp³-hybridized carbons (Fsp3) is 0.533. The van der Waals surface area contributed by atoms with Gasteiger partial charge in [0.15, 0.2) is 0 Å². The van der Waals surface area contributed by atoms with Gasteiger partial charge in [0, 0.05) is 19.6 Å². The number of anilines is 2. The van der Waals surface area contributed by atoms with Gasteiger partial charge in [-0.1, -0.05) is 12.1 Å². The predicted molar refractivity (Wildman–Crippen MR) is 75.5 cm³/mol. The van der Waals surface area contributed by atoms with Gasteiger partial charge in [-0.25, -0.2) is 0 Å². The highest BCUT2D eigenvalue weighted by molar-refractivity contribution is 5.97. The number of carbonyl (C=O) groups excluding carboxylic acids is 1. The van der Waals surface area contributed by atoms with Crippen molar-refractivity contribution in [2.45, 2.75) is 31.8 Å². The lowest BCUT2D eigenvalue weighted by atomic mass is 10.1. The van der Waals surface area contributed by atoms with E-state index in [0.29, 0.717) is 13.0 Å². The Labute approximate surface area is 113 Å². The molecule has 1 amide bonds. The molecule has 3 rings (SSSR count). The Kier molecular flexibility index (Phi) is 3.69. The molecule has 2 heterocycles. The van der Waals surface area contributed by atoms with Crippen LogP contribution >= 0.6 is 0 Å². The number of rotatable bonds is 2. The van der Waals surface area contributed by atoms with Crippen molar-refractivity contribution in [3.8, 4) is 0 Å². The first kappa shape index (κ1) is 12.5. The van der Waals surface area contributed by atoms with Crippen molar-refractivity contribution in [1.82, 2.24) is 0 Å². The Hall–Kier alpha value is -1.55. The normalized spacial score (nSPS) is 23.5. The van der Waals surface area contributed by atoms with E-state index in [4.69, 9.17) is 4.74 Å². The molecule has 2 aliphatic rings. The van der Waals surface area contributed by atoms with E-state index in [1.807, 2.05) is 29.2 Å². The second kappa shape index (κ2) is 5.61. The van der Waals surface area contributed by atoms with Crippen molar-refractivity contribution >= 4 is 17.3 Å². The van der Waals surface area contributed by atoms with Crippen LogP contribution in [0.2, 0.25) is 0 Å². The van der Waals surface area contributed by atoms with Gasteiger partial charge >= 0.3 is 0 Å². The molecular formula is C15H20N2O2. The maximum absolute atomic E-state index is 12.4. The Balaban J connectivity index is 1.87. The molecule has 1 aromatic carbocycles. The van der Waals surface area contributed by atoms with Crippen LogP contribution in [0.4, 0.5) is 11.4 Å². The third-order valence-electron chi connectivity index (χ3n) is 3.79. The average molecular weight is 260 g/mol. The third-order valence-corrected chi connectivity index (χ3v) is 3.79. The second-order valence-corrected chi connectivity index (χ2v) is 5.19. The molecule has 1 unspecified atom stereocenters. The van der Waals surface area contributed by atoms with E-state index >= 15 is 0 Å². The zero-order valence-electron chi connectivity index (χ0n) is 11.1. The van der Waals surface area contributed by atoms with Gasteiger partial charge in [0.1, 0.15) is 0 Å². The minimum absolute atomic E-state index is 0.191. The molecule has 0 radical (unpaired) electrons. The van der Waals surface area contributed by atoms with E-state index in [1.54, 1.807) is 0 Å². The molecule has 1 N–H and O–H groups in total. The van der Waals surface area contributed by atoms with Crippen LogP contribution in [-0.2, 0) is 9.53 Å². The topological polar surface area (TPSA) is 41.6 Å². The van der Waals surface area contributed by atoms with Crippen molar-refractivity contribution in [1.29, 1.82) is 0 Å². The molecule has 2 aliphatic heterocycles. The summed E-state index contributed by atoms with van der Waals surface area (Å²) in [6.07, 6.45) is 3.84. The number of fused-ring (bicyclic) bond motifs is 1. The van der Waals surface area contributed by atoms with E-state index < -0.39 is 0 Å². The van der Waals surface area contributed by atoms with E-state index in [-0.39, 0.29) is 12.0 Å². The van der Waals surface area contributed by atoms with Crippen molar-refractivity contribution in [3.05, 3.63) is 24.3 Å². The zero-order valence-corrected chi connectivity index (χ0v) is 11.1. The number of benzene rings is 1. The number of nitrogens with zero attached hydrogens (tertiary/aromatic N) is 1. The van der Waals surface area contributed by atoms with Crippen molar-refractivity contribution in [3.63, 3.8) is 0 Å². The predicted octanol–water partition coefficient (Wildman–Crippen LogP) is 2.40. The van der Waals surface area contributed by atoms with Crippen LogP contribution < -0.4 is 10.2 Å². The van der Waals surface area contributed by atoms with Crippen LogP contribution in [-0.4, -0.2) is 31.7 Å². The molecule has 19 heavy (non-hydrogen) atoms. The minimum atomic E-state index is 0.191. The fourth-order valence-corrected chi connectivity index (χ4v) is 2.78. The number of para-hydroxylation sites is 2. The van der Waals surface area contributed by atoms with Gasteiger partial charge in [-0.15, -0.1) is 0 Å². The fourth-order valence-electron chi connectivity index (χ4n) is 2.78. The summed E-state index contributed by atoms with van der Waals surface area (Å²) >= 11 is 0. The number of ether oxygens (including phenoxy) is 1. The Morgan fingerprint density at radius 2 is 2.21 bits per heavy atom. The van der Waals surface area contributed by atoms with Crippen molar-refractivity contribution < 1.29 is 9.53 Å². The zero-order chi connectivity index (χ0) is 13.1. The van der Waals surface area contributed by atoms with Gasteiger partial charge in [-0.2, -0.15) is 0 Å². The lowest BCUT2D eigenvalue weighted by Crippen LogP contribution is -2.39. The number of nitrogens with one attached hydrogen (secondary N) is 1. The second-order valence-electron chi connectivity index (χ2n) is 5.19. The van der Waals surface area contributed by atoms with Crippen molar-refractivity contribution in [2.24, 2.45) is 0 Å². The van der Waals surface area contributed by atoms with Gasteiger partial charge in [0.05, 0.1) is 24.0 Å². The average Bonchev–Trinajstić information content (AvgIpc) is 2.93. The summed E-state index contributed by atoms with van der Waals surface area (Å²) in [6, 6.07) is 8.04. The standard InChI is InChI=1S/C15H20N2O2/c18-15-8-3-9-16-13-6-1-2-7-14(13)17(15)11-12-5-4-10-19-12/h1-2,6-7,12,16H,3-5,8-11H2. The quantitative estimate of drug-likeness (QED) is 0.887. The number of carbonyl (C=O) groups is 1. The molecular weight excluding hydrogens is 240 g/mol. The molecule has 102 valence electrons. The van der Waals surface area contributed by atoms with E-state index in [9.17, 15) is 4.79 Å². The molecule has 4 nitrogen and oxygen atoms in total. The molecule has 0 aromatic heterocycles. The monoisotopic (exact) mass is 260 g/mol. The summed E-state index contributed by atoms with van der Waals surface area (Å²) < 4.78 is 5.68. The number of hydrogen-bond donors (Lipinski definition) is 1. The van der Waals surface area contributed by atoms with Gasteiger partial charge in [-0.05, 0) is 31.4 Å². The van der Waals surface area contributed by atoms with Gasteiger partial charge in [-0.3, -0.25) is 4.79 Å². The van der Waals surface area contributed by atoms with Crippen LogP contribution in [0.5, 0.6) is 0 Å². The number of hydrogen-bond acceptors (Lipinski definition) is 3. The summed E-state index contributed by atoms with van der Waals surface area (Å²) in [4.78, 5) is 14.3. The van der Waals surface area contributed by atoms with Crippen LogP contribution in [0.25, 0.3) is 0 Å². The SMILES string of the molecule is O=C1CCCNc2ccccc2N1CC1CCCO1. The first-order valence-electron chi connectivity index (χ1n) is 7.09. The highest BCUT2D eigenvalue weighted by atomic mass is 16.5. The van der Waals surface area contributed by atoms with Crippen LogP contribution in [0.15, 0.2) is 24.3 Å². The molecule has 0 bridgehead atoms. The Morgan fingerprint density at radius 1 is 1.32 bits per heavy atom. The maximum atomic E-state index is 12.4. The highest BCUT2D eigenvalue weighted by Crippen LogP contribution is 2.29. The van der Waals surface area contributed by atoms with Gasteiger partial charge in [0.25, 0.3) is 0 Å². The van der Waals surface area contributed by atoms with E-state index in [2.05, 4.69) is 5.32 Å².